The monoisotopic (exact) mass is 414 g/mol. The van der Waals surface area contributed by atoms with Crippen LogP contribution in [0.5, 0.6) is 5.75 Å². The summed E-state index contributed by atoms with van der Waals surface area (Å²) in [6, 6.07) is 17.0. The van der Waals surface area contributed by atoms with E-state index in [0.29, 0.717) is 11.3 Å². The van der Waals surface area contributed by atoms with E-state index in [2.05, 4.69) is 10.6 Å². The summed E-state index contributed by atoms with van der Waals surface area (Å²) in [5.74, 6) is -0.623. The minimum atomic E-state index is -4.52. The lowest BCUT2D eigenvalue weighted by molar-refractivity contribution is -0.137. The Kier molecular flexibility index (Phi) is 6.06. The number of benzene rings is 3. The molecule has 0 bridgehead atoms. The maximum atomic E-state index is 12.9. The van der Waals surface area contributed by atoms with Crippen LogP contribution in [0.4, 0.5) is 24.5 Å². The zero-order valence-corrected chi connectivity index (χ0v) is 15.8. The van der Waals surface area contributed by atoms with Gasteiger partial charge in [-0.25, -0.2) is 0 Å². The molecule has 0 atom stereocenters. The molecule has 30 heavy (non-hydrogen) atoms. The topological polar surface area (TPSA) is 67.4 Å². The van der Waals surface area contributed by atoms with Crippen molar-refractivity contribution < 1.29 is 27.5 Å². The summed E-state index contributed by atoms with van der Waals surface area (Å²) >= 11 is 0. The van der Waals surface area contributed by atoms with E-state index in [4.69, 9.17) is 4.74 Å². The van der Waals surface area contributed by atoms with Crippen LogP contribution in [-0.2, 0) is 6.18 Å². The SMILES string of the molecule is COc1cccc(C(=O)Nc2ccccc2C(=O)Nc2cccc(C(F)(F)F)c2)c1. The average Bonchev–Trinajstić information content (AvgIpc) is 2.73. The standard InChI is InChI=1S/C22H17F3N2O3/c1-30-17-9-4-6-14(12-17)20(28)27-19-11-3-2-10-18(19)21(29)26-16-8-5-7-15(13-16)22(23,24)25/h2-13H,1H3,(H,26,29)(H,27,28). The van der Waals surface area contributed by atoms with E-state index in [9.17, 15) is 22.8 Å². The summed E-state index contributed by atoms with van der Waals surface area (Å²) in [6.45, 7) is 0. The molecule has 3 aromatic rings. The molecule has 0 heterocycles. The van der Waals surface area contributed by atoms with Crippen LogP contribution in [0.2, 0.25) is 0 Å². The van der Waals surface area contributed by atoms with Crippen molar-refractivity contribution in [2.24, 2.45) is 0 Å². The maximum absolute atomic E-state index is 12.9. The number of anilines is 2. The van der Waals surface area contributed by atoms with Crippen molar-refractivity contribution >= 4 is 23.2 Å². The van der Waals surface area contributed by atoms with E-state index >= 15 is 0 Å². The van der Waals surface area contributed by atoms with Crippen molar-refractivity contribution in [2.75, 3.05) is 17.7 Å². The number of hydrogen-bond donors (Lipinski definition) is 2. The summed E-state index contributed by atoms with van der Waals surface area (Å²) in [4.78, 5) is 25.2. The van der Waals surface area contributed by atoms with Crippen molar-refractivity contribution in [1.29, 1.82) is 0 Å². The van der Waals surface area contributed by atoms with Gasteiger partial charge in [0.05, 0.1) is 23.9 Å². The summed E-state index contributed by atoms with van der Waals surface area (Å²) < 4.78 is 43.7. The van der Waals surface area contributed by atoms with E-state index in [1.165, 1.54) is 31.4 Å². The summed E-state index contributed by atoms with van der Waals surface area (Å²) in [6.07, 6.45) is -4.52. The minimum absolute atomic E-state index is 0.0104. The number of rotatable bonds is 5. The molecular weight excluding hydrogens is 397 g/mol. The molecule has 0 saturated carbocycles. The van der Waals surface area contributed by atoms with E-state index in [1.54, 1.807) is 36.4 Å². The van der Waals surface area contributed by atoms with Crippen LogP contribution in [-0.4, -0.2) is 18.9 Å². The maximum Gasteiger partial charge on any atom is 0.416 e. The second-order valence-electron chi connectivity index (χ2n) is 6.26. The molecule has 0 aliphatic carbocycles. The second kappa shape index (κ2) is 8.69. The van der Waals surface area contributed by atoms with Gasteiger partial charge in [-0.3, -0.25) is 9.59 Å². The predicted octanol–water partition coefficient (Wildman–Crippen LogP) is 5.22. The molecule has 0 aliphatic heterocycles. The van der Waals surface area contributed by atoms with Crippen LogP contribution < -0.4 is 15.4 Å². The Hall–Kier alpha value is -3.81. The van der Waals surface area contributed by atoms with Gasteiger partial charge in [0.25, 0.3) is 11.8 Å². The largest absolute Gasteiger partial charge is 0.497 e. The van der Waals surface area contributed by atoms with Gasteiger partial charge >= 0.3 is 6.18 Å². The third-order valence-electron chi connectivity index (χ3n) is 4.20. The number of carbonyl (C=O) groups is 2. The number of nitrogens with one attached hydrogen (secondary N) is 2. The van der Waals surface area contributed by atoms with E-state index < -0.39 is 23.6 Å². The molecule has 2 N–H and O–H groups in total. The molecule has 3 rings (SSSR count). The van der Waals surface area contributed by atoms with Gasteiger partial charge in [0, 0.05) is 11.3 Å². The number of halogens is 3. The Morgan fingerprint density at radius 3 is 2.30 bits per heavy atom. The van der Waals surface area contributed by atoms with Gasteiger partial charge in [-0.2, -0.15) is 13.2 Å². The van der Waals surface area contributed by atoms with Crippen molar-refractivity contribution in [3.05, 3.63) is 89.5 Å². The highest BCUT2D eigenvalue weighted by Crippen LogP contribution is 2.31. The molecule has 0 fully saturated rings. The highest BCUT2D eigenvalue weighted by atomic mass is 19.4. The van der Waals surface area contributed by atoms with Crippen molar-refractivity contribution in [2.45, 2.75) is 6.18 Å². The fraction of sp³-hybridized carbons (Fsp3) is 0.0909. The molecule has 0 saturated heterocycles. The number of alkyl halides is 3. The number of amides is 2. The Balaban J connectivity index is 1.81. The first-order chi connectivity index (χ1) is 14.3. The molecule has 2 amide bonds. The molecule has 154 valence electrons. The van der Waals surface area contributed by atoms with E-state index in [0.717, 1.165) is 12.1 Å². The predicted molar refractivity (Wildman–Crippen MR) is 107 cm³/mol. The lowest BCUT2D eigenvalue weighted by Gasteiger charge is -2.13. The van der Waals surface area contributed by atoms with Gasteiger partial charge in [-0.05, 0) is 48.5 Å². The fourth-order valence-electron chi connectivity index (χ4n) is 2.72. The zero-order chi connectivity index (χ0) is 21.7. The first-order valence-corrected chi connectivity index (χ1v) is 8.81. The number of para-hydroxylation sites is 1. The number of methoxy groups -OCH3 is 1. The first kappa shape index (κ1) is 20.9. The smallest absolute Gasteiger partial charge is 0.416 e. The molecule has 8 heteroatoms. The quantitative estimate of drug-likeness (QED) is 0.602. The molecule has 5 nitrogen and oxygen atoms in total. The van der Waals surface area contributed by atoms with Crippen LogP contribution >= 0.6 is 0 Å². The molecule has 3 aromatic carbocycles. The molecule has 0 radical (unpaired) electrons. The Morgan fingerprint density at radius 1 is 0.833 bits per heavy atom. The lowest BCUT2D eigenvalue weighted by Crippen LogP contribution is -2.18. The minimum Gasteiger partial charge on any atom is -0.497 e. The number of ether oxygens (including phenoxy) is 1. The highest BCUT2D eigenvalue weighted by Gasteiger charge is 2.30. The molecule has 0 spiro atoms. The van der Waals surface area contributed by atoms with E-state index in [1.807, 2.05) is 0 Å². The van der Waals surface area contributed by atoms with Gasteiger partial charge in [-0.1, -0.05) is 24.3 Å². The van der Waals surface area contributed by atoms with Crippen LogP contribution in [0.3, 0.4) is 0 Å². The molecule has 0 aromatic heterocycles. The van der Waals surface area contributed by atoms with E-state index in [-0.39, 0.29) is 16.9 Å². The van der Waals surface area contributed by atoms with Gasteiger partial charge in [0.1, 0.15) is 5.75 Å². The first-order valence-electron chi connectivity index (χ1n) is 8.81. The zero-order valence-electron chi connectivity index (χ0n) is 15.8. The Labute approximate surface area is 170 Å². The Morgan fingerprint density at radius 2 is 1.57 bits per heavy atom. The van der Waals surface area contributed by atoms with Crippen molar-refractivity contribution in [1.82, 2.24) is 0 Å². The highest BCUT2D eigenvalue weighted by molar-refractivity contribution is 6.12. The van der Waals surface area contributed by atoms with Gasteiger partial charge in [0.2, 0.25) is 0 Å². The molecule has 0 aliphatic rings. The fourth-order valence-corrected chi connectivity index (χ4v) is 2.72. The van der Waals surface area contributed by atoms with Crippen molar-refractivity contribution in [3.63, 3.8) is 0 Å². The normalized spacial score (nSPS) is 10.9. The summed E-state index contributed by atoms with van der Waals surface area (Å²) in [5, 5.41) is 5.08. The van der Waals surface area contributed by atoms with Crippen LogP contribution in [0.15, 0.2) is 72.8 Å². The van der Waals surface area contributed by atoms with Crippen LogP contribution in [0, 0.1) is 0 Å². The second-order valence-corrected chi connectivity index (χ2v) is 6.26. The van der Waals surface area contributed by atoms with Gasteiger partial charge in [0.15, 0.2) is 0 Å². The van der Waals surface area contributed by atoms with Crippen molar-refractivity contribution in [3.8, 4) is 5.75 Å². The third-order valence-corrected chi connectivity index (χ3v) is 4.20. The summed E-state index contributed by atoms with van der Waals surface area (Å²) in [5.41, 5.74) is -0.243. The average molecular weight is 414 g/mol. The van der Waals surface area contributed by atoms with Gasteiger partial charge < -0.3 is 15.4 Å². The third kappa shape index (κ3) is 4.96. The molecular formula is C22H17F3N2O3. The number of hydrogen-bond acceptors (Lipinski definition) is 3. The van der Waals surface area contributed by atoms with Gasteiger partial charge in [-0.15, -0.1) is 0 Å². The van der Waals surface area contributed by atoms with Crippen LogP contribution in [0.25, 0.3) is 0 Å². The van der Waals surface area contributed by atoms with Crippen LogP contribution in [0.1, 0.15) is 26.3 Å². The molecule has 0 unspecified atom stereocenters. The summed E-state index contributed by atoms with van der Waals surface area (Å²) in [7, 11) is 1.48. The number of carbonyl (C=O) groups excluding carboxylic acids is 2. The Bertz CT molecular complexity index is 1080. The lowest BCUT2D eigenvalue weighted by atomic mass is 10.1.